The zero-order chi connectivity index (χ0) is 14.7. The van der Waals surface area contributed by atoms with Crippen LogP contribution in [-0.2, 0) is 0 Å². The molecule has 0 spiro atoms. The van der Waals surface area contributed by atoms with Crippen LogP contribution in [0.15, 0.2) is 60.8 Å². The molecule has 102 valence electrons. The molecule has 21 heavy (non-hydrogen) atoms. The first kappa shape index (κ1) is 13.1. The number of hydrogen-bond donors (Lipinski definition) is 0. The molecule has 3 rings (SSSR count). The van der Waals surface area contributed by atoms with Crippen molar-refractivity contribution in [2.24, 2.45) is 0 Å². The Hall–Kier alpha value is -2.88. The van der Waals surface area contributed by atoms with Crippen molar-refractivity contribution in [2.45, 2.75) is 0 Å². The van der Waals surface area contributed by atoms with Crippen molar-refractivity contribution >= 4 is 22.8 Å². The van der Waals surface area contributed by atoms with Crippen molar-refractivity contribution in [3.63, 3.8) is 0 Å². The normalized spacial score (nSPS) is 11.1. The van der Waals surface area contributed by atoms with Crippen LogP contribution in [0.1, 0.15) is 16.1 Å². The first-order chi connectivity index (χ1) is 10.2. The van der Waals surface area contributed by atoms with Gasteiger partial charge in [0.1, 0.15) is 0 Å². The summed E-state index contributed by atoms with van der Waals surface area (Å²) >= 11 is 0. The quantitative estimate of drug-likeness (QED) is 0.417. The number of rotatable bonds is 3. The van der Waals surface area contributed by atoms with Gasteiger partial charge in [0.05, 0.1) is 11.2 Å². The molecule has 0 unspecified atom stereocenters. The fourth-order valence-corrected chi connectivity index (χ4v) is 1.99. The Balaban J connectivity index is 1.85. The number of carbonyl (C=O) groups is 1. The number of fused-ring (bicyclic) bond motifs is 1. The van der Waals surface area contributed by atoms with Crippen molar-refractivity contribution < 1.29 is 9.18 Å². The molecule has 4 heteroatoms. The fourth-order valence-electron chi connectivity index (χ4n) is 1.99. The summed E-state index contributed by atoms with van der Waals surface area (Å²) in [4.78, 5) is 19.8. The summed E-state index contributed by atoms with van der Waals surface area (Å²) in [6.07, 6.45) is 4.27. The number of aromatic nitrogens is 2. The first-order valence-electron chi connectivity index (χ1n) is 6.42. The van der Waals surface area contributed by atoms with Crippen LogP contribution in [-0.4, -0.2) is 15.8 Å². The molecule has 0 fully saturated rings. The largest absolute Gasteiger partial charge is 0.289 e. The second-order valence-electron chi connectivity index (χ2n) is 4.49. The van der Waals surface area contributed by atoms with E-state index < -0.39 is 5.95 Å². The molecule has 0 radical (unpaired) electrons. The maximum absolute atomic E-state index is 13.0. The van der Waals surface area contributed by atoms with E-state index in [1.54, 1.807) is 6.08 Å². The van der Waals surface area contributed by atoms with Crippen LogP contribution < -0.4 is 0 Å². The number of nitrogens with zero attached hydrogens (tertiary/aromatic N) is 2. The van der Waals surface area contributed by atoms with E-state index in [9.17, 15) is 9.18 Å². The van der Waals surface area contributed by atoms with E-state index in [-0.39, 0.29) is 11.3 Å². The highest BCUT2D eigenvalue weighted by atomic mass is 19.1. The highest BCUT2D eigenvalue weighted by Gasteiger charge is 2.03. The molecule has 3 nitrogen and oxygen atoms in total. The number of hydrogen-bond acceptors (Lipinski definition) is 3. The Kier molecular flexibility index (Phi) is 3.51. The van der Waals surface area contributed by atoms with Gasteiger partial charge in [-0.2, -0.15) is 4.39 Å². The van der Waals surface area contributed by atoms with E-state index in [1.807, 2.05) is 36.4 Å². The highest BCUT2D eigenvalue weighted by Crippen LogP contribution is 2.13. The first-order valence-corrected chi connectivity index (χ1v) is 6.42. The van der Waals surface area contributed by atoms with Crippen molar-refractivity contribution in [1.82, 2.24) is 9.97 Å². The van der Waals surface area contributed by atoms with Gasteiger partial charge in [0, 0.05) is 23.2 Å². The lowest BCUT2D eigenvalue weighted by molar-refractivity contribution is 0.104. The minimum absolute atomic E-state index is 0.263. The average molecular weight is 278 g/mol. The van der Waals surface area contributed by atoms with Crippen LogP contribution in [0.4, 0.5) is 4.39 Å². The van der Waals surface area contributed by atoms with Crippen molar-refractivity contribution in [3.05, 3.63) is 78.0 Å². The lowest BCUT2D eigenvalue weighted by atomic mass is 10.1. The van der Waals surface area contributed by atoms with Gasteiger partial charge in [-0.15, -0.1) is 0 Å². The fraction of sp³-hybridized carbons (Fsp3) is 0. The van der Waals surface area contributed by atoms with Gasteiger partial charge in [-0.05, 0) is 30.4 Å². The number of ketones is 1. The van der Waals surface area contributed by atoms with Crippen LogP contribution >= 0.6 is 0 Å². The molecular formula is C17H11FN2O. The van der Waals surface area contributed by atoms with Gasteiger partial charge in [0.25, 0.3) is 0 Å². The molecule has 0 saturated heterocycles. The van der Waals surface area contributed by atoms with E-state index in [1.165, 1.54) is 18.3 Å². The smallest absolute Gasteiger partial charge is 0.213 e. The molecule has 0 aliphatic rings. The van der Waals surface area contributed by atoms with Crippen LogP contribution in [0.2, 0.25) is 0 Å². The van der Waals surface area contributed by atoms with E-state index in [0.717, 1.165) is 17.0 Å². The summed E-state index contributed by atoms with van der Waals surface area (Å²) < 4.78 is 13.0. The summed E-state index contributed by atoms with van der Waals surface area (Å²) in [5.74, 6) is -0.954. The van der Waals surface area contributed by atoms with Gasteiger partial charge in [-0.1, -0.05) is 24.3 Å². The molecule has 0 amide bonds. The molecule has 0 aliphatic heterocycles. The molecule has 0 saturated carbocycles. The second kappa shape index (κ2) is 5.63. The number of benzene rings is 1. The van der Waals surface area contributed by atoms with Gasteiger partial charge in [0.15, 0.2) is 5.78 Å². The van der Waals surface area contributed by atoms with Crippen LogP contribution in [0.25, 0.3) is 17.0 Å². The molecule has 2 aromatic heterocycles. The third-order valence-electron chi connectivity index (χ3n) is 3.04. The molecule has 0 N–H and O–H groups in total. The van der Waals surface area contributed by atoms with Gasteiger partial charge < -0.3 is 0 Å². The summed E-state index contributed by atoms with van der Waals surface area (Å²) in [5, 5.41) is 1.04. The zero-order valence-electron chi connectivity index (χ0n) is 11.0. The topological polar surface area (TPSA) is 42.9 Å². The van der Waals surface area contributed by atoms with E-state index in [2.05, 4.69) is 9.97 Å². The molecule has 0 aliphatic carbocycles. The molecule has 2 heterocycles. The third-order valence-corrected chi connectivity index (χ3v) is 3.04. The Morgan fingerprint density at radius 2 is 1.95 bits per heavy atom. The van der Waals surface area contributed by atoms with Crippen molar-refractivity contribution in [2.75, 3.05) is 0 Å². The van der Waals surface area contributed by atoms with E-state index >= 15 is 0 Å². The Bertz CT molecular complexity index is 843. The van der Waals surface area contributed by atoms with Crippen LogP contribution in [0.3, 0.4) is 0 Å². The van der Waals surface area contributed by atoms with E-state index in [4.69, 9.17) is 0 Å². The number of para-hydroxylation sites is 1. The predicted octanol–water partition coefficient (Wildman–Crippen LogP) is 3.67. The minimum Gasteiger partial charge on any atom is -0.289 e. The summed E-state index contributed by atoms with van der Waals surface area (Å²) in [7, 11) is 0. The lowest BCUT2D eigenvalue weighted by Gasteiger charge is -1.98. The molecule has 1 aromatic carbocycles. The van der Waals surface area contributed by atoms with Crippen molar-refractivity contribution in [1.29, 1.82) is 0 Å². The monoisotopic (exact) mass is 278 g/mol. The maximum Gasteiger partial charge on any atom is 0.213 e. The number of carbonyl (C=O) groups excluding carboxylic acids is 1. The Morgan fingerprint density at radius 1 is 1.10 bits per heavy atom. The predicted molar refractivity (Wildman–Crippen MR) is 79.3 cm³/mol. The summed E-state index contributed by atoms with van der Waals surface area (Å²) in [6, 6.07) is 14.1. The third kappa shape index (κ3) is 3.00. The molecular weight excluding hydrogens is 267 g/mol. The molecule has 0 atom stereocenters. The minimum atomic E-state index is -0.668. The van der Waals surface area contributed by atoms with Crippen LogP contribution in [0, 0.1) is 5.95 Å². The maximum atomic E-state index is 13.0. The standard InChI is InChI=1S/C17H11FN2O/c18-17-11-13(9-10-19-17)16(21)8-7-14-6-5-12-3-1-2-4-15(12)20-14/h1-11H. The summed E-state index contributed by atoms with van der Waals surface area (Å²) in [5.41, 5.74) is 1.80. The second-order valence-corrected chi connectivity index (χ2v) is 4.49. The van der Waals surface area contributed by atoms with Gasteiger partial charge in [-0.3, -0.25) is 4.79 Å². The molecule has 3 aromatic rings. The molecule has 0 bridgehead atoms. The number of halogens is 1. The van der Waals surface area contributed by atoms with Gasteiger partial charge >= 0.3 is 0 Å². The Morgan fingerprint density at radius 3 is 2.81 bits per heavy atom. The average Bonchev–Trinajstić information content (AvgIpc) is 2.52. The van der Waals surface area contributed by atoms with Gasteiger partial charge in [-0.25, -0.2) is 9.97 Å². The lowest BCUT2D eigenvalue weighted by Crippen LogP contribution is -1.96. The zero-order valence-corrected chi connectivity index (χ0v) is 11.0. The summed E-state index contributed by atoms with van der Waals surface area (Å²) in [6.45, 7) is 0. The highest BCUT2D eigenvalue weighted by molar-refractivity contribution is 6.06. The van der Waals surface area contributed by atoms with Crippen molar-refractivity contribution in [3.8, 4) is 0 Å². The Labute approximate surface area is 120 Å². The number of allylic oxidation sites excluding steroid dienone is 1. The van der Waals surface area contributed by atoms with E-state index in [0.29, 0.717) is 5.69 Å². The SMILES string of the molecule is O=C(C=Cc1ccc2ccccc2n1)c1ccnc(F)c1. The van der Waals surface area contributed by atoms with Crippen LogP contribution in [0.5, 0.6) is 0 Å². The number of pyridine rings is 2. The van der Waals surface area contributed by atoms with Gasteiger partial charge in [0.2, 0.25) is 5.95 Å².